The number of phenolic OH excluding ortho intramolecular Hbond substituents is 1. The van der Waals surface area contributed by atoms with Gasteiger partial charge in [-0.3, -0.25) is 19.6 Å². The van der Waals surface area contributed by atoms with Crippen molar-refractivity contribution >= 4 is 44.6 Å². The summed E-state index contributed by atoms with van der Waals surface area (Å²) in [6, 6.07) is 9.00. The Bertz CT molecular complexity index is 2390. The molecule has 2 aliphatic heterocycles. The first-order valence-corrected chi connectivity index (χ1v) is 21.1. The largest absolute Gasteiger partial charge is 0.508 e. The van der Waals surface area contributed by atoms with Crippen molar-refractivity contribution in [1.29, 1.82) is 0 Å². The van der Waals surface area contributed by atoms with Crippen molar-refractivity contribution in [2.45, 2.75) is 97.0 Å². The van der Waals surface area contributed by atoms with Gasteiger partial charge < -0.3 is 23.7 Å². The average Bonchev–Trinajstić information content (AvgIpc) is 3.70. The van der Waals surface area contributed by atoms with Crippen molar-refractivity contribution in [3.05, 3.63) is 83.6 Å². The number of nitrogens with one attached hydrogen (secondary N) is 2. The molecule has 0 aliphatic carbocycles. The Morgan fingerprint density at radius 3 is 2.64 bits per heavy atom. The zero-order valence-electron chi connectivity index (χ0n) is 34.6. The van der Waals surface area contributed by atoms with Crippen LogP contribution in [-0.4, -0.2) is 89.2 Å². The number of imidazole rings is 1. The lowest BCUT2D eigenvalue weighted by atomic mass is 9.84. The van der Waals surface area contributed by atoms with E-state index in [1.165, 1.54) is 17.3 Å². The smallest absolute Gasteiger partial charge is 0.324 e. The van der Waals surface area contributed by atoms with Crippen molar-refractivity contribution in [2.24, 2.45) is 17.5 Å². The van der Waals surface area contributed by atoms with Crippen molar-refractivity contribution < 1.29 is 32.6 Å². The van der Waals surface area contributed by atoms with Crippen molar-refractivity contribution in [3.8, 4) is 16.9 Å². The number of benzene rings is 2. The van der Waals surface area contributed by atoms with Gasteiger partial charge in [0.05, 0.1) is 24.1 Å². The molecule has 1 fully saturated rings. The molecule has 2 aromatic heterocycles. The predicted molar refractivity (Wildman–Crippen MR) is 225 cm³/mol. The molecule has 1 saturated heterocycles. The lowest BCUT2D eigenvalue weighted by Gasteiger charge is -2.35. The molecule has 310 valence electrons. The molecule has 6 bridgehead atoms. The summed E-state index contributed by atoms with van der Waals surface area (Å²) in [4.78, 5) is 37.0. The molecule has 14 nitrogen and oxygen atoms in total. The fraction of sp³-hybridized carbons (Fsp3) is 0.442. The number of hydrazine groups is 1. The van der Waals surface area contributed by atoms with E-state index in [0.29, 0.717) is 42.8 Å². The Kier molecular flexibility index (Phi) is 12.5. The molecule has 2 aliphatic rings. The molecule has 2 aromatic carbocycles. The molecule has 0 radical (unpaired) electrons. The normalized spacial score (nSPS) is 20.2. The number of rotatable bonds is 9. The lowest BCUT2D eigenvalue weighted by Crippen LogP contribution is -2.60. The number of phenols is 1. The zero-order chi connectivity index (χ0) is 42.1. The number of nitrogens with zero attached hydrogens (tertiary/aromatic N) is 5. The van der Waals surface area contributed by atoms with E-state index in [1.54, 1.807) is 37.9 Å². The predicted octanol–water partition coefficient (Wildman–Crippen LogP) is 5.61. The van der Waals surface area contributed by atoms with Crippen LogP contribution in [0.4, 0.5) is 0 Å². The van der Waals surface area contributed by atoms with E-state index in [-0.39, 0.29) is 36.5 Å². The van der Waals surface area contributed by atoms with Crippen LogP contribution in [0, 0.1) is 12.3 Å². The van der Waals surface area contributed by atoms with Crippen LogP contribution < -0.4 is 10.1 Å². The van der Waals surface area contributed by atoms with Crippen LogP contribution in [0.1, 0.15) is 70.1 Å². The molecule has 4 aromatic rings. The number of aromatic hydroxyl groups is 1. The second-order valence-corrected chi connectivity index (χ2v) is 17.5. The van der Waals surface area contributed by atoms with Crippen LogP contribution in [0.5, 0.6) is 5.75 Å². The number of ether oxygens (including phenoxy) is 2. The number of esters is 1. The number of cyclic esters (lactones) is 1. The van der Waals surface area contributed by atoms with E-state index in [9.17, 15) is 23.1 Å². The highest BCUT2D eigenvalue weighted by Crippen LogP contribution is 2.40. The summed E-state index contributed by atoms with van der Waals surface area (Å²) in [5.74, 6) is -0.658. The standard InChI is InChI=1S/C43H55N7O7S/c1-10-32(39(44-11-2)26(4)56-9)40-34-23-43(6,7)25-57-42(53)35-14-13-17-50(46-35)41(52)36(47-58(54,55)38-24-48(8)27(5)45-38)20-28-18-30(21-31(51)19-28)29-15-16-37(33(34)22-29)49(40)12-3/h10-11,15-16,18-19,21-22,24,26,35-36,46-47,51H,1,12-14,17,20,23,25H2,2-9H3/b39-32+,44-11-/t26-,35-,36-/m0/s1. The third-order valence-corrected chi connectivity index (χ3v) is 12.3. The zero-order valence-corrected chi connectivity index (χ0v) is 35.4. The van der Waals surface area contributed by atoms with Crippen LogP contribution in [0.15, 0.2) is 71.0 Å². The molecule has 6 rings (SSSR count). The van der Waals surface area contributed by atoms with Crippen LogP contribution in [-0.2, 0) is 55.5 Å². The quantitative estimate of drug-likeness (QED) is 0.111. The molecule has 58 heavy (non-hydrogen) atoms. The Morgan fingerprint density at radius 1 is 1.22 bits per heavy atom. The summed E-state index contributed by atoms with van der Waals surface area (Å²) in [7, 11) is -0.952. The minimum atomic E-state index is -4.28. The van der Waals surface area contributed by atoms with Crippen molar-refractivity contribution in [3.63, 3.8) is 0 Å². The van der Waals surface area contributed by atoms with Crippen molar-refractivity contribution in [2.75, 3.05) is 20.3 Å². The van der Waals surface area contributed by atoms with Gasteiger partial charge in [0.15, 0.2) is 5.03 Å². The highest BCUT2D eigenvalue weighted by Gasteiger charge is 2.37. The summed E-state index contributed by atoms with van der Waals surface area (Å²) in [5, 5.41) is 13.2. The fourth-order valence-electron chi connectivity index (χ4n) is 7.86. The number of aryl methyl sites for hydroxylation is 3. The highest BCUT2D eigenvalue weighted by atomic mass is 32.2. The Labute approximate surface area is 340 Å². The first-order chi connectivity index (χ1) is 27.5. The van der Waals surface area contributed by atoms with Crippen LogP contribution in [0.25, 0.3) is 27.6 Å². The van der Waals surface area contributed by atoms with Gasteiger partial charge in [-0.1, -0.05) is 38.6 Å². The molecular weight excluding hydrogens is 759 g/mol. The van der Waals surface area contributed by atoms with Gasteiger partial charge in [0.25, 0.3) is 15.9 Å². The van der Waals surface area contributed by atoms with Gasteiger partial charge in [-0.25, -0.2) is 18.8 Å². The van der Waals surface area contributed by atoms with Gasteiger partial charge in [0.2, 0.25) is 0 Å². The van der Waals surface area contributed by atoms with Gasteiger partial charge in [-0.05, 0) is 99.9 Å². The van der Waals surface area contributed by atoms with E-state index in [1.807, 2.05) is 45.9 Å². The number of methoxy groups -OCH3 is 1. The Morgan fingerprint density at radius 2 is 1.98 bits per heavy atom. The van der Waals surface area contributed by atoms with Gasteiger partial charge in [0, 0.05) is 61.5 Å². The summed E-state index contributed by atoms with van der Waals surface area (Å²) in [6.07, 6.45) is 5.90. The van der Waals surface area contributed by atoms with Crippen molar-refractivity contribution in [1.82, 2.24) is 29.3 Å². The maximum atomic E-state index is 14.3. The Hall–Kier alpha value is -5.09. The number of sulfonamides is 1. The maximum Gasteiger partial charge on any atom is 0.324 e. The number of fused-ring (bicyclic) bond motifs is 6. The number of aliphatic imine (C=N–C) groups is 1. The summed E-state index contributed by atoms with van der Waals surface area (Å²) in [5.41, 5.74) is 8.92. The first kappa shape index (κ1) is 42.5. The fourth-order valence-corrected chi connectivity index (χ4v) is 9.09. The Balaban J connectivity index is 1.57. The van der Waals surface area contributed by atoms with Gasteiger partial charge in [-0.15, -0.1) is 0 Å². The average molecular weight is 814 g/mol. The second-order valence-electron chi connectivity index (χ2n) is 15.8. The van der Waals surface area contributed by atoms with Gasteiger partial charge in [0.1, 0.15) is 23.7 Å². The minimum Gasteiger partial charge on any atom is -0.508 e. The van der Waals surface area contributed by atoms with Crippen LogP contribution >= 0.6 is 0 Å². The van der Waals surface area contributed by atoms with Crippen LogP contribution in [0.2, 0.25) is 0 Å². The lowest BCUT2D eigenvalue weighted by molar-refractivity contribution is -0.155. The molecule has 0 spiro atoms. The first-order valence-electron chi connectivity index (χ1n) is 19.6. The maximum absolute atomic E-state index is 14.3. The number of aromatic nitrogens is 3. The SMILES string of the molecule is C=C/C(=C(\N=C/C)[C@H](C)OC)c1c2c3cc(ccc3n1CC)-c1cc(O)cc(c1)C[C@H](NS(=O)(=O)c1cn(C)c(C)n1)C(=O)N1CCC[C@H](N1)C(=O)OCC(C)(C)C2. The second kappa shape index (κ2) is 17.0. The molecule has 4 heterocycles. The monoisotopic (exact) mass is 813 g/mol. The third kappa shape index (κ3) is 8.67. The minimum absolute atomic E-state index is 0.0454. The van der Waals surface area contributed by atoms with E-state index in [2.05, 4.69) is 45.3 Å². The van der Waals surface area contributed by atoms with E-state index in [0.717, 1.165) is 39.0 Å². The molecule has 3 atom stereocenters. The molecular formula is C43H55N7O7S. The number of hydrogen-bond donors (Lipinski definition) is 3. The number of hydrogen-bond acceptors (Lipinski definition) is 10. The number of amides is 1. The van der Waals surface area contributed by atoms with Gasteiger partial charge >= 0.3 is 5.97 Å². The van der Waals surface area contributed by atoms with E-state index >= 15 is 0 Å². The summed E-state index contributed by atoms with van der Waals surface area (Å²) >= 11 is 0. The van der Waals surface area contributed by atoms with E-state index in [4.69, 9.17) is 14.5 Å². The summed E-state index contributed by atoms with van der Waals surface area (Å²) in [6.45, 7) is 16.9. The third-order valence-electron chi connectivity index (χ3n) is 10.9. The number of allylic oxidation sites excluding steroid dienone is 2. The molecule has 1 amide bonds. The van der Waals surface area contributed by atoms with Crippen LogP contribution in [0.3, 0.4) is 0 Å². The molecule has 15 heteroatoms. The van der Waals surface area contributed by atoms with Gasteiger partial charge in [-0.2, -0.15) is 4.72 Å². The van der Waals surface area contributed by atoms with E-state index < -0.39 is 39.4 Å². The highest BCUT2D eigenvalue weighted by molar-refractivity contribution is 7.89. The topological polar surface area (TPSA) is 169 Å². The summed E-state index contributed by atoms with van der Waals surface area (Å²) < 4.78 is 45.7. The number of carbonyl (C=O) groups is 2. The molecule has 3 N–H and O–H groups in total. The number of carbonyl (C=O) groups excluding carboxylic acids is 2. The molecule has 0 unspecified atom stereocenters. The molecule has 0 saturated carbocycles.